The fraction of sp³-hybridized carbons (Fsp3) is 0.158. The molecule has 2 rings (SSSR count). The number of hydrogen-bond donors (Lipinski definition) is 3. The lowest BCUT2D eigenvalue weighted by atomic mass is 10.1. The van der Waals surface area contributed by atoms with Gasteiger partial charge in [0.1, 0.15) is 23.2 Å². The summed E-state index contributed by atoms with van der Waals surface area (Å²) in [6, 6.07) is 10.6. The van der Waals surface area contributed by atoms with E-state index < -0.39 is 11.7 Å². The number of aromatic nitrogens is 1. The first-order valence-electron chi connectivity index (χ1n) is 8.14. The summed E-state index contributed by atoms with van der Waals surface area (Å²) in [7, 11) is 1.43. The fourth-order valence-electron chi connectivity index (χ4n) is 2.20. The zero-order valence-corrected chi connectivity index (χ0v) is 16.1. The Morgan fingerprint density at radius 2 is 1.86 bits per heavy atom. The van der Waals surface area contributed by atoms with Gasteiger partial charge in [-0.25, -0.2) is 9.37 Å². The van der Waals surface area contributed by atoms with Crippen molar-refractivity contribution in [2.45, 2.75) is 0 Å². The second kappa shape index (κ2) is 10.1. The van der Waals surface area contributed by atoms with Gasteiger partial charge in [0, 0.05) is 12.7 Å². The number of carbonyl (C=O) groups excluding carboxylic acids is 2. The van der Waals surface area contributed by atoms with Crippen molar-refractivity contribution >= 4 is 34.8 Å². The topological polar surface area (TPSA) is 107 Å². The van der Waals surface area contributed by atoms with Crippen molar-refractivity contribution in [3.05, 3.63) is 64.7 Å². The number of nitriles is 1. The van der Waals surface area contributed by atoms with Crippen molar-refractivity contribution < 1.29 is 14.0 Å². The molecule has 3 N–H and O–H groups in total. The minimum atomic E-state index is -0.538. The van der Waals surface area contributed by atoms with E-state index in [9.17, 15) is 14.0 Å². The summed E-state index contributed by atoms with van der Waals surface area (Å²) >= 11 is 1.19. The Balaban J connectivity index is 2.22. The monoisotopic (exact) mass is 399 g/mol. The van der Waals surface area contributed by atoms with E-state index >= 15 is 0 Å². The molecule has 0 aliphatic rings. The molecule has 1 aromatic heterocycles. The average molecular weight is 399 g/mol. The molecule has 0 atom stereocenters. The SMILES string of the molecule is CNC(=O)/C(C(=O)CNc1ccc(C#N)nc1)=C(\Nc1ccc(F)cc1)SC. The van der Waals surface area contributed by atoms with Crippen LogP contribution in [-0.2, 0) is 9.59 Å². The van der Waals surface area contributed by atoms with Gasteiger partial charge in [0.15, 0.2) is 5.78 Å². The molecule has 9 heteroatoms. The standard InChI is InChI=1S/C19H18FN5O2S/c1-22-18(27)17(19(28-2)25-13-5-3-12(20)4-6-13)16(26)11-24-15-8-7-14(9-21)23-10-15/h3-8,10,24-25H,11H2,1-2H3,(H,22,27)/b19-17+. The molecule has 0 bridgehead atoms. The highest BCUT2D eigenvalue weighted by molar-refractivity contribution is 8.02. The normalized spacial score (nSPS) is 11.1. The average Bonchev–Trinajstić information content (AvgIpc) is 2.73. The maximum Gasteiger partial charge on any atom is 0.257 e. The molecule has 1 amide bonds. The number of benzene rings is 1. The number of pyridine rings is 1. The lowest BCUT2D eigenvalue weighted by Gasteiger charge is -2.15. The summed E-state index contributed by atoms with van der Waals surface area (Å²) in [5.41, 5.74) is 1.30. The minimum absolute atomic E-state index is 0.0478. The van der Waals surface area contributed by atoms with Crippen molar-refractivity contribution in [3.63, 3.8) is 0 Å². The van der Waals surface area contributed by atoms with Gasteiger partial charge in [0.05, 0.1) is 23.5 Å². The molecule has 144 valence electrons. The molecule has 2 aromatic rings. The highest BCUT2D eigenvalue weighted by Crippen LogP contribution is 2.22. The van der Waals surface area contributed by atoms with Gasteiger partial charge < -0.3 is 16.0 Å². The smallest absolute Gasteiger partial charge is 0.257 e. The van der Waals surface area contributed by atoms with E-state index in [2.05, 4.69) is 20.9 Å². The molecule has 0 radical (unpaired) electrons. The van der Waals surface area contributed by atoms with Crippen molar-refractivity contribution in [2.75, 3.05) is 30.5 Å². The van der Waals surface area contributed by atoms with E-state index in [4.69, 9.17) is 5.26 Å². The molecular weight excluding hydrogens is 381 g/mol. The van der Waals surface area contributed by atoms with Crippen molar-refractivity contribution in [1.29, 1.82) is 5.26 Å². The molecular formula is C19H18FN5O2S. The number of halogens is 1. The van der Waals surface area contributed by atoms with Crippen LogP contribution < -0.4 is 16.0 Å². The number of rotatable bonds is 8. The van der Waals surface area contributed by atoms with Gasteiger partial charge in [-0.05, 0) is 42.7 Å². The summed E-state index contributed by atoms with van der Waals surface area (Å²) in [5.74, 6) is -1.37. The number of thioether (sulfide) groups is 1. The third-order valence-electron chi connectivity index (χ3n) is 3.60. The lowest BCUT2D eigenvalue weighted by Crippen LogP contribution is -2.30. The number of amides is 1. The summed E-state index contributed by atoms with van der Waals surface area (Å²) < 4.78 is 13.1. The van der Waals surface area contributed by atoms with Crippen LogP contribution in [0, 0.1) is 17.1 Å². The molecule has 7 nitrogen and oxygen atoms in total. The minimum Gasteiger partial charge on any atom is -0.376 e. The van der Waals surface area contributed by atoms with Crippen LogP contribution >= 0.6 is 11.8 Å². The van der Waals surface area contributed by atoms with Gasteiger partial charge >= 0.3 is 0 Å². The van der Waals surface area contributed by atoms with Gasteiger partial charge in [0.25, 0.3) is 5.91 Å². The van der Waals surface area contributed by atoms with Crippen molar-refractivity contribution in [2.24, 2.45) is 0 Å². The second-order valence-electron chi connectivity index (χ2n) is 5.44. The molecule has 0 fully saturated rings. The van der Waals surface area contributed by atoms with Gasteiger partial charge in [-0.3, -0.25) is 9.59 Å². The largest absolute Gasteiger partial charge is 0.376 e. The first kappa shape index (κ1) is 20.9. The number of anilines is 2. The van der Waals surface area contributed by atoms with Crippen LogP contribution in [0.25, 0.3) is 0 Å². The molecule has 0 saturated carbocycles. The maximum absolute atomic E-state index is 13.1. The van der Waals surface area contributed by atoms with Crippen LogP contribution in [0.3, 0.4) is 0 Å². The number of nitrogens with one attached hydrogen (secondary N) is 3. The zero-order chi connectivity index (χ0) is 20.5. The summed E-state index contributed by atoms with van der Waals surface area (Å²) in [4.78, 5) is 28.9. The molecule has 0 aliphatic carbocycles. The third-order valence-corrected chi connectivity index (χ3v) is 4.31. The predicted octanol–water partition coefficient (Wildman–Crippen LogP) is 2.51. The van der Waals surface area contributed by atoms with E-state index in [0.717, 1.165) is 0 Å². The Bertz CT molecular complexity index is 921. The van der Waals surface area contributed by atoms with E-state index in [1.165, 1.54) is 55.3 Å². The Hall–Kier alpha value is -3.38. The molecule has 28 heavy (non-hydrogen) atoms. The first-order valence-corrected chi connectivity index (χ1v) is 9.37. The van der Waals surface area contributed by atoms with Crippen LogP contribution in [0.2, 0.25) is 0 Å². The number of hydrogen-bond acceptors (Lipinski definition) is 7. The quantitative estimate of drug-likeness (QED) is 0.356. The first-order chi connectivity index (χ1) is 13.5. The Kier molecular flexibility index (Phi) is 7.54. The number of ketones is 1. The maximum atomic E-state index is 13.1. The van der Waals surface area contributed by atoms with Gasteiger partial charge in [0.2, 0.25) is 0 Å². The number of Topliss-reactive ketones (excluding diaryl/α,β-unsaturated/α-hetero) is 1. The van der Waals surface area contributed by atoms with Gasteiger partial charge in [-0.2, -0.15) is 5.26 Å². The Labute approximate surface area is 166 Å². The second-order valence-corrected chi connectivity index (χ2v) is 6.26. The van der Waals surface area contributed by atoms with Crippen LogP contribution in [-0.4, -0.2) is 36.5 Å². The van der Waals surface area contributed by atoms with E-state index in [-0.39, 0.29) is 23.6 Å². The summed E-state index contributed by atoms with van der Waals surface area (Å²) in [5, 5.41) is 17.4. The van der Waals surface area contributed by atoms with E-state index in [1.807, 2.05) is 6.07 Å². The number of likely N-dealkylation sites (N-methyl/N-ethyl adjacent to an activating group) is 1. The molecule has 0 aliphatic heterocycles. The molecule has 0 saturated heterocycles. The highest BCUT2D eigenvalue weighted by Gasteiger charge is 2.22. The van der Waals surface area contributed by atoms with Crippen molar-refractivity contribution in [3.8, 4) is 6.07 Å². The Morgan fingerprint density at radius 1 is 1.18 bits per heavy atom. The Morgan fingerprint density at radius 3 is 2.39 bits per heavy atom. The van der Waals surface area contributed by atoms with E-state index in [0.29, 0.717) is 16.4 Å². The molecule has 1 aromatic carbocycles. The lowest BCUT2D eigenvalue weighted by molar-refractivity contribution is -0.121. The molecule has 0 unspecified atom stereocenters. The number of nitrogens with zero attached hydrogens (tertiary/aromatic N) is 2. The highest BCUT2D eigenvalue weighted by atomic mass is 32.2. The summed E-state index contributed by atoms with van der Waals surface area (Å²) in [6.07, 6.45) is 3.15. The predicted molar refractivity (Wildman–Crippen MR) is 107 cm³/mol. The number of carbonyl (C=O) groups is 2. The zero-order valence-electron chi connectivity index (χ0n) is 15.2. The van der Waals surface area contributed by atoms with Crippen LogP contribution in [0.1, 0.15) is 5.69 Å². The van der Waals surface area contributed by atoms with Crippen LogP contribution in [0.4, 0.5) is 15.8 Å². The van der Waals surface area contributed by atoms with Gasteiger partial charge in [-0.1, -0.05) is 0 Å². The molecule has 0 spiro atoms. The van der Waals surface area contributed by atoms with Crippen LogP contribution in [0.15, 0.2) is 53.2 Å². The molecule has 1 heterocycles. The summed E-state index contributed by atoms with van der Waals surface area (Å²) in [6.45, 7) is -0.147. The van der Waals surface area contributed by atoms with E-state index in [1.54, 1.807) is 12.3 Å². The van der Waals surface area contributed by atoms with Gasteiger partial charge in [-0.15, -0.1) is 11.8 Å². The van der Waals surface area contributed by atoms with Crippen molar-refractivity contribution in [1.82, 2.24) is 10.3 Å². The third kappa shape index (κ3) is 5.56. The van der Waals surface area contributed by atoms with Crippen LogP contribution in [0.5, 0.6) is 0 Å². The fourth-order valence-corrected chi connectivity index (χ4v) is 2.83.